The summed E-state index contributed by atoms with van der Waals surface area (Å²) in [6.45, 7) is 6.66. The van der Waals surface area contributed by atoms with Crippen LogP contribution in [-0.4, -0.2) is 27.9 Å². The summed E-state index contributed by atoms with van der Waals surface area (Å²) in [4.78, 5) is 0. The molecular formula is C22H30F6N2O4S2+2. The van der Waals surface area contributed by atoms with Gasteiger partial charge in [-0.2, -0.15) is 34.8 Å². The minimum absolute atomic E-state index is 0.0940. The average molecular weight is 565 g/mol. The summed E-state index contributed by atoms with van der Waals surface area (Å²) in [5.74, 6) is 0. The van der Waals surface area contributed by atoms with Crippen LogP contribution in [0.25, 0.3) is 0 Å². The lowest BCUT2D eigenvalue weighted by atomic mass is 10.1. The van der Waals surface area contributed by atoms with Gasteiger partial charge in [-0.1, -0.05) is 36.6 Å². The van der Waals surface area contributed by atoms with Crippen molar-refractivity contribution in [1.82, 2.24) is 0 Å². The molecule has 14 heteroatoms. The molecule has 0 saturated heterocycles. The Kier molecular flexibility index (Phi) is 11.3. The van der Waals surface area contributed by atoms with Crippen molar-refractivity contribution < 1.29 is 51.7 Å². The molecule has 2 heterocycles. The quantitative estimate of drug-likeness (QED) is 0.246. The van der Waals surface area contributed by atoms with Gasteiger partial charge in [0.2, 0.25) is 0 Å². The van der Waals surface area contributed by atoms with Gasteiger partial charge in [-0.15, -0.1) is 0 Å². The smallest absolute Gasteiger partial charge is 0.208 e. The van der Waals surface area contributed by atoms with Gasteiger partial charge in [-0.25, -0.2) is 13.0 Å². The monoisotopic (exact) mass is 564 g/mol. The highest BCUT2D eigenvalue weighted by atomic mass is 32.2. The van der Waals surface area contributed by atoms with Crippen molar-refractivity contribution in [3.63, 3.8) is 0 Å². The van der Waals surface area contributed by atoms with Gasteiger partial charge in [-0.05, 0) is 31.4 Å². The summed E-state index contributed by atoms with van der Waals surface area (Å²) < 4.78 is 121. The van der Waals surface area contributed by atoms with Gasteiger partial charge in [0.25, 0.3) is 0 Å². The summed E-state index contributed by atoms with van der Waals surface area (Å²) in [6.07, 6.45) is 12.7. The van der Waals surface area contributed by atoms with Crippen molar-refractivity contribution in [1.29, 1.82) is 0 Å². The Hall–Kier alpha value is -2.22. The van der Waals surface area contributed by atoms with Gasteiger partial charge >= 0.3 is 35.9 Å². The highest BCUT2D eigenvalue weighted by Crippen LogP contribution is 2.30. The number of alkyl halides is 6. The van der Waals surface area contributed by atoms with Crippen molar-refractivity contribution in [3.05, 3.63) is 54.0 Å². The number of pyridine rings is 2. The largest absolute Gasteiger partial charge is 0.560 e. The van der Waals surface area contributed by atoms with E-state index >= 15 is 0 Å². The molecule has 36 heavy (non-hydrogen) atoms. The summed E-state index contributed by atoms with van der Waals surface area (Å²) in [5, 5.41) is -2.03. The minimum Gasteiger partial charge on any atom is -0.208 e. The van der Waals surface area contributed by atoms with E-state index in [9.17, 15) is 43.2 Å². The summed E-state index contributed by atoms with van der Waals surface area (Å²) in [6, 6.07) is 5.26. The van der Waals surface area contributed by atoms with Gasteiger partial charge < -0.3 is 0 Å². The second-order valence-electron chi connectivity index (χ2n) is 8.12. The predicted octanol–water partition coefficient (Wildman–Crippen LogP) is 4.92. The minimum atomic E-state index is -6.33. The number of aryl methyl sites for hydroxylation is 3. The van der Waals surface area contributed by atoms with Crippen LogP contribution in [0.5, 0.6) is 0 Å². The van der Waals surface area contributed by atoms with Crippen LogP contribution in [0.3, 0.4) is 0 Å². The first-order valence-electron chi connectivity index (χ1n) is 11.1. The first-order chi connectivity index (χ1) is 16.4. The van der Waals surface area contributed by atoms with E-state index in [1.165, 1.54) is 50.6 Å². The van der Waals surface area contributed by atoms with Crippen molar-refractivity contribution >= 4 is 19.9 Å². The van der Waals surface area contributed by atoms with Crippen molar-refractivity contribution in [3.8, 4) is 0 Å². The normalized spacial score (nSPS) is 12.7. The van der Waals surface area contributed by atoms with Crippen molar-refractivity contribution in [2.45, 2.75) is 81.9 Å². The van der Waals surface area contributed by atoms with Crippen molar-refractivity contribution in [2.75, 3.05) is 0 Å². The third kappa shape index (κ3) is 8.71. The molecule has 0 amide bonds. The molecule has 0 fully saturated rings. The van der Waals surface area contributed by atoms with Crippen LogP contribution < -0.4 is 8.54 Å². The molecule has 2 aromatic heterocycles. The lowest BCUT2D eigenvalue weighted by Crippen LogP contribution is -2.54. The van der Waals surface area contributed by atoms with Crippen LogP contribution in [0.4, 0.5) is 26.3 Å². The lowest BCUT2D eigenvalue weighted by molar-refractivity contribution is -0.697. The second-order valence-corrected chi connectivity index (χ2v) is 11.8. The summed E-state index contributed by atoms with van der Waals surface area (Å²) >= 11 is 0. The molecule has 0 aliphatic heterocycles. The first-order valence-corrected chi connectivity index (χ1v) is 14.0. The van der Waals surface area contributed by atoms with Gasteiger partial charge in [0.05, 0.1) is 0 Å². The number of halogens is 6. The summed E-state index contributed by atoms with van der Waals surface area (Å²) in [5.41, 5.74) is -10.8. The van der Waals surface area contributed by atoms with Gasteiger partial charge in [0.1, 0.15) is 6.54 Å². The Bertz CT molecular complexity index is 1190. The number of nitrogens with zero attached hydrogens (tertiary/aromatic N) is 2. The fraction of sp³-hybridized carbons (Fsp3) is 0.545. The van der Waals surface area contributed by atoms with E-state index in [1.807, 2.05) is 0 Å². The van der Waals surface area contributed by atoms with Gasteiger partial charge in [0.15, 0.2) is 18.6 Å². The molecule has 0 spiro atoms. The van der Waals surface area contributed by atoms with Gasteiger partial charge in [0, 0.05) is 30.7 Å². The maximum absolute atomic E-state index is 12.4. The molecule has 0 N–H and O–H groups in total. The van der Waals surface area contributed by atoms with E-state index < -0.39 is 39.9 Å². The fourth-order valence-corrected chi connectivity index (χ4v) is 5.14. The molecule has 0 aromatic carbocycles. The predicted molar refractivity (Wildman–Crippen MR) is 120 cm³/mol. The number of aromatic nitrogens is 2. The molecule has 2 aromatic rings. The van der Waals surface area contributed by atoms with E-state index in [0.29, 0.717) is 0 Å². The highest BCUT2D eigenvalue weighted by molar-refractivity contribution is 7.92. The third-order valence-corrected chi connectivity index (χ3v) is 8.01. The number of hydrogen-bond acceptors (Lipinski definition) is 4. The molecule has 0 unspecified atom stereocenters. The van der Waals surface area contributed by atoms with Crippen LogP contribution in [0.1, 0.15) is 56.6 Å². The number of hydrogen-bond donors (Lipinski definition) is 0. The Balaban J connectivity index is 0.000000381. The molecule has 204 valence electrons. The molecular weight excluding hydrogens is 534 g/mol. The SMILES string of the molecule is CCCCCCCC[n+]1ccc(C)cc1.Cc1cc[n+](S(=O)(=O)C(F)(F)F)c(S(=O)(=O)C(F)(F)F)c1. The zero-order valence-electron chi connectivity index (χ0n) is 20.1. The topological polar surface area (TPSA) is 76.0 Å². The fourth-order valence-electron chi connectivity index (χ4n) is 2.95. The van der Waals surface area contributed by atoms with E-state index in [2.05, 4.69) is 42.9 Å². The molecule has 0 radical (unpaired) electrons. The second kappa shape index (κ2) is 12.8. The maximum Gasteiger partial charge on any atom is 0.560 e. The number of sulfone groups is 1. The Labute approximate surface area is 207 Å². The van der Waals surface area contributed by atoms with E-state index in [1.54, 1.807) is 0 Å². The molecule has 0 aliphatic rings. The van der Waals surface area contributed by atoms with Crippen LogP contribution in [0.2, 0.25) is 0 Å². The van der Waals surface area contributed by atoms with Crippen LogP contribution in [0, 0.1) is 13.8 Å². The maximum atomic E-state index is 12.4. The van der Waals surface area contributed by atoms with E-state index in [-0.39, 0.29) is 17.8 Å². The third-order valence-electron chi connectivity index (χ3n) is 5.00. The molecule has 0 saturated carbocycles. The van der Waals surface area contributed by atoms with E-state index in [4.69, 9.17) is 0 Å². The van der Waals surface area contributed by atoms with Gasteiger partial charge in [-0.3, -0.25) is 0 Å². The Morgan fingerprint density at radius 1 is 0.722 bits per heavy atom. The summed E-state index contributed by atoms with van der Waals surface area (Å²) in [7, 11) is -12.6. The van der Waals surface area contributed by atoms with Crippen molar-refractivity contribution in [2.24, 2.45) is 0 Å². The molecule has 6 nitrogen and oxygen atoms in total. The lowest BCUT2D eigenvalue weighted by Gasteiger charge is -2.09. The zero-order chi connectivity index (χ0) is 27.8. The Morgan fingerprint density at radius 2 is 1.22 bits per heavy atom. The van der Waals surface area contributed by atoms with Crippen LogP contribution in [-0.2, 0) is 26.4 Å². The molecule has 0 bridgehead atoms. The highest BCUT2D eigenvalue weighted by Gasteiger charge is 2.60. The van der Waals surface area contributed by atoms with Crippen LogP contribution >= 0.6 is 0 Å². The first kappa shape index (κ1) is 31.8. The zero-order valence-corrected chi connectivity index (χ0v) is 21.7. The molecule has 0 atom stereocenters. The van der Waals surface area contributed by atoms with E-state index in [0.717, 1.165) is 13.0 Å². The molecule has 0 aliphatic carbocycles. The molecule has 2 rings (SSSR count). The number of rotatable bonds is 9. The Morgan fingerprint density at radius 3 is 1.72 bits per heavy atom. The van der Waals surface area contributed by atoms with Crippen LogP contribution in [0.15, 0.2) is 47.9 Å². The standard InChI is InChI=1S/C14H24N.C8H6F6NO4S2/c1-3-4-5-6-7-8-11-15-12-9-14(2)10-13-15;1-5-2-3-15(21(18,19)8(12,13)14)6(4-5)20(16,17)7(9,10)11/h9-10,12-13H,3-8,11H2,1-2H3;2-4H,1H3/q2*+1. The average Bonchev–Trinajstić information content (AvgIpc) is 2.76. The number of unbranched alkanes of at least 4 members (excludes halogenated alkanes) is 5.